The first-order valence-electron chi connectivity index (χ1n) is 9.02. The van der Waals surface area contributed by atoms with Gasteiger partial charge in [0.1, 0.15) is 11.6 Å². The third-order valence-electron chi connectivity index (χ3n) is 4.26. The van der Waals surface area contributed by atoms with E-state index in [9.17, 15) is 9.18 Å². The molecule has 0 radical (unpaired) electrons. The predicted octanol–water partition coefficient (Wildman–Crippen LogP) is 3.06. The minimum Gasteiger partial charge on any atom is -0.369 e. The molecule has 1 amide bonds. The highest BCUT2D eigenvalue weighted by Gasteiger charge is 2.26. The van der Waals surface area contributed by atoms with Gasteiger partial charge in [0.25, 0.3) is 0 Å². The monoisotopic (exact) mass is 367 g/mol. The van der Waals surface area contributed by atoms with Crippen LogP contribution in [0, 0.1) is 23.6 Å². The maximum atomic E-state index is 13.3. The van der Waals surface area contributed by atoms with E-state index in [-0.39, 0.29) is 17.8 Å². The van der Waals surface area contributed by atoms with Gasteiger partial charge in [-0.3, -0.25) is 4.79 Å². The van der Waals surface area contributed by atoms with Crippen molar-refractivity contribution in [2.45, 2.75) is 32.2 Å². The van der Waals surface area contributed by atoms with Gasteiger partial charge in [-0.15, -0.1) is 0 Å². The maximum Gasteiger partial charge on any atom is 0.229 e. The molecule has 7 heteroatoms. The molecule has 1 aliphatic rings. The van der Waals surface area contributed by atoms with E-state index in [0.29, 0.717) is 17.5 Å². The molecule has 0 atom stereocenters. The Hall–Kier alpha value is -3.14. The van der Waals surface area contributed by atoms with E-state index in [1.807, 2.05) is 0 Å². The fraction of sp³-hybridized carbons (Fsp3) is 0.350. The first-order valence-corrected chi connectivity index (χ1v) is 9.02. The fourth-order valence-electron chi connectivity index (χ4n) is 2.75. The summed E-state index contributed by atoms with van der Waals surface area (Å²) in [5, 5.41) is 9.03. The quantitative estimate of drug-likeness (QED) is 0.518. The lowest BCUT2D eigenvalue weighted by molar-refractivity contribution is -0.110. The smallest absolute Gasteiger partial charge is 0.229 e. The lowest BCUT2D eigenvalue weighted by atomic mass is 9.81. The summed E-state index contributed by atoms with van der Waals surface area (Å²) < 4.78 is 13.3. The summed E-state index contributed by atoms with van der Waals surface area (Å²) in [4.78, 5) is 19.2. The zero-order valence-corrected chi connectivity index (χ0v) is 15.1. The molecule has 3 N–H and O–H groups in total. The van der Waals surface area contributed by atoms with Gasteiger partial charge in [-0.2, -0.15) is 4.98 Å². The van der Waals surface area contributed by atoms with Gasteiger partial charge in [0.2, 0.25) is 12.4 Å². The number of benzene rings is 1. The van der Waals surface area contributed by atoms with Crippen molar-refractivity contribution in [1.82, 2.24) is 15.3 Å². The zero-order valence-electron chi connectivity index (χ0n) is 15.1. The normalized spacial score (nSPS) is 17.9. The molecule has 27 heavy (non-hydrogen) atoms. The molecule has 1 aliphatic carbocycles. The Balaban J connectivity index is 1.73. The van der Waals surface area contributed by atoms with E-state index in [0.717, 1.165) is 37.8 Å². The third-order valence-corrected chi connectivity index (χ3v) is 4.26. The van der Waals surface area contributed by atoms with Crippen molar-refractivity contribution in [2.75, 3.05) is 17.2 Å². The molecule has 0 spiro atoms. The number of halogens is 1. The minimum absolute atomic E-state index is 0.230. The number of hydrogen-bond donors (Lipinski definition) is 3. The molecule has 1 heterocycles. The van der Waals surface area contributed by atoms with Crippen LogP contribution in [-0.2, 0) is 4.79 Å². The first-order chi connectivity index (χ1) is 13.2. The zero-order chi connectivity index (χ0) is 19.1. The predicted molar refractivity (Wildman–Crippen MR) is 103 cm³/mol. The molecule has 1 aromatic carbocycles. The van der Waals surface area contributed by atoms with Crippen molar-refractivity contribution in [3.05, 3.63) is 41.8 Å². The molecule has 3 rings (SSSR count). The number of anilines is 3. The average molecular weight is 367 g/mol. The van der Waals surface area contributed by atoms with Crippen LogP contribution in [-0.4, -0.2) is 29.0 Å². The summed E-state index contributed by atoms with van der Waals surface area (Å²) in [5.41, 5.74) is 1.30. The Morgan fingerprint density at radius 3 is 2.96 bits per heavy atom. The number of hydrogen-bond acceptors (Lipinski definition) is 5. The third kappa shape index (κ3) is 5.17. The Morgan fingerprint density at radius 2 is 2.22 bits per heavy atom. The van der Waals surface area contributed by atoms with E-state index < -0.39 is 0 Å². The van der Waals surface area contributed by atoms with Crippen LogP contribution in [0.1, 0.15) is 31.7 Å². The van der Waals surface area contributed by atoms with Crippen molar-refractivity contribution >= 4 is 23.9 Å². The largest absolute Gasteiger partial charge is 0.369 e. The topological polar surface area (TPSA) is 78.9 Å². The molecule has 0 aliphatic heterocycles. The van der Waals surface area contributed by atoms with E-state index in [1.54, 1.807) is 18.3 Å². The van der Waals surface area contributed by atoms with Crippen LogP contribution >= 0.6 is 0 Å². The summed E-state index contributed by atoms with van der Waals surface area (Å²) in [7, 11) is 0. The second-order valence-corrected chi connectivity index (χ2v) is 6.44. The van der Waals surface area contributed by atoms with Gasteiger partial charge in [-0.1, -0.05) is 24.8 Å². The van der Waals surface area contributed by atoms with E-state index in [2.05, 4.69) is 44.7 Å². The van der Waals surface area contributed by atoms with Gasteiger partial charge in [-0.05, 0) is 37.5 Å². The van der Waals surface area contributed by atoms with Crippen molar-refractivity contribution in [3.8, 4) is 11.8 Å². The van der Waals surface area contributed by atoms with Gasteiger partial charge >= 0.3 is 0 Å². The second-order valence-electron chi connectivity index (χ2n) is 6.44. The summed E-state index contributed by atoms with van der Waals surface area (Å²) >= 11 is 0. The van der Waals surface area contributed by atoms with Gasteiger partial charge in [0.15, 0.2) is 0 Å². The number of aromatic nitrogens is 2. The molecule has 0 saturated heterocycles. The average Bonchev–Trinajstić information content (AvgIpc) is 2.63. The summed E-state index contributed by atoms with van der Waals surface area (Å²) in [6.07, 6.45) is 5.08. The van der Waals surface area contributed by atoms with Crippen LogP contribution in [0.25, 0.3) is 0 Å². The second kappa shape index (κ2) is 8.99. The number of carbonyl (C=O) groups excluding carboxylic acids is 1. The van der Waals surface area contributed by atoms with Crippen LogP contribution in [0.2, 0.25) is 0 Å². The first kappa shape index (κ1) is 18.6. The Morgan fingerprint density at radius 1 is 1.37 bits per heavy atom. The summed E-state index contributed by atoms with van der Waals surface area (Å²) in [6, 6.07) is 6.37. The highest BCUT2D eigenvalue weighted by atomic mass is 19.1. The van der Waals surface area contributed by atoms with Crippen LogP contribution in [0.3, 0.4) is 0 Å². The molecule has 0 unspecified atom stereocenters. The lowest BCUT2D eigenvalue weighted by Gasteiger charge is -2.30. The molecule has 140 valence electrons. The molecule has 1 saturated carbocycles. The highest BCUT2D eigenvalue weighted by Crippen LogP contribution is 2.26. The number of nitrogens with one attached hydrogen (secondary N) is 3. The SMILES string of the molecule is CCCNc1nc(Nc2cccc(F)c2)ncc1C#C[C@H]1C[C@@H](NC=O)C1. The van der Waals surface area contributed by atoms with Crippen molar-refractivity contribution in [1.29, 1.82) is 0 Å². The van der Waals surface area contributed by atoms with Gasteiger partial charge < -0.3 is 16.0 Å². The number of amides is 1. The van der Waals surface area contributed by atoms with Gasteiger partial charge in [0, 0.05) is 24.2 Å². The van der Waals surface area contributed by atoms with Gasteiger partial charge in [-0.25, -0.2) is 9.37 Å². The number of nitrogens with zero attached hydrogens (tertiary/aromatic N) is 2. The lowest BCUT2D eigenvalue weighted by Crippen LogP contribution is -2.39. The Kier molecular flexibility index (Phi) is 6.21. The molecule has 2 aromatic rings. The highest BCUT2D eigenvalue weighted by molar-refractivity contribution is 5.59. The number of carbonyl (C=O) groups is 1. The number of rotatable bonds is 7. The Labute approximate surface area is 158 Å². The standard InChI is InChI=1S/C20H22FN5O/c1-2-8-22-19-15(7-6-14-9-18(10-14)24-13-27)12-23-20(26-19)25-17-5-3-4-16(21)11-17/h3-5,11-14,18H,2,8-10H2,1H3,(H,24,27)(H2,22,23,25,26)/t14-,18+. The van der Waals surface area contributed by atoms with E-state index >= 15 is 0 Å². The van der Waals surface area contributed by atoms with Crippen molar-refractivity contribution < 1.29 is 9.18 Å². The van der Waals surface area contributed by atoms with Crippen LogP contribution in [0.5, 0.6) is 0 Å². The molecule has 1 aromatic heterocycles. The van der Waals surface area contributed by atoms with E-state index in [1.165, 1.54) is 12.1 Å². The van der Waals surface area contributed by atoms with Crippen LogP contribution in [0.15, 0.2) is 30.5 Å². The van der Waals surface area contributed by atoms with Crippen LogP contribution < -0.4 is 16.0 Å². The summed E-state index contributed by atoms with van der Waals surface area (Å²) in [5.74, 6) is 7.34. The molecular weight excluding hydrogens is 345 g/mol. The molecule has 6 nitrogen and oxygen atoms in total. The maximum absolute atomic E-state index is 13.3. The summed E-state index contributed by atoms with van der Waals surface area (Å²) in [6.45, 7) is 2.83. The molecule has 0 bridgehead atoms. The van der Waals surface area contributed by atoms with Crippen molar-refractivity contribution in [2.24, 2.45) is 5.92 Å². The fourth-order valence-corrected chi connectivity index (χ4v) is 2.75. The van der Waals surface area contributed by atoms with E-state index in [4.69, 9.17) is 0 Å². The van der Waals surface area contributed by atoms with Gasteiger partial charge in [0.05, 0.1) is 11.8 Å². The molecular formula is C20H22FN5O. The Bertz CT molecular complexity index is 855. The molecule has 1 fully saturated rings. The van der Waals surface area contributed by atoms with Crippen molar-refractivity contribution in [3.63, 3.8) is 0 Å². The van der Waals surface area contributed by atoms with Crippen LogP contribution in [0.4, 0.5) is 21.8 Å². The minimum atomic E-state index is -0.324.